The Hall–Kier alpha value is -2.70. The number of amides is 2. The fourth-order valence-corrected chi connectivity index (χ4v) is 1.86. The lowest BCUT2D eigenvalue weighted by molar-refractivity contribution is -0.324. The molecule has 0 fully saturated rings. The van der Waals surface area contributed by atoms with Crippen molar-refractivity contribution < 1.29 is 19.3 Å². The summed E-state index contributed by atoms with van der Waals surface area (Å²) in [7, 11) is 2.57. The van der Waals surface area contributed by atoms with Gasteiger partial charge in [-0.1, -0.05) is 46.7 Å². The first kappa shape index (κ1) is 15.7. The summed E-state index contributed by atoms with van der Waals surface area (Å²) in [5.41, 5.74) is 0.736. The highest BCUT2D eigenvalue weighted by molar-refractivity contribution is 5.98. The van der Waals surface area contributed by atoms with E-state index in [1.54, 1.807) is 60.7 Å². The first-order valence-corrected chi connectivity index (χ1v) is 6.56. The zero-order chi connectivity index (χ0) is 15.9. The average molecular weight is 300 g/mol. The molecule has 2 aromatic carbocycles. The number of nitrogens with zero attached hydrogens (tertiary/aromatic N) is 2. The van der Waals surface area contributed by atoms with Crippen molar-refractivity contribution in [3.05, 3.63) is 71.8 Å². The van der Waals surface area contributed by atoms with Gasteiger partial charge in [0.2, 0.25) is 0 Å². The molecular weight excluding hydrogens is 284 g/mol. The Morgan fingerprint density at radius 3 is 1.27 bits per heavy atom. The average Bonchev–Trinajstić information content (AvgIpc) is 2.60. The lowest BCUT2D eigenvalue weighted by Crippen LogP contribution is -2.48. The molecule has 0 aromatic heterocycles. The molecule has 0 aliphatic rings. The lowest BCUT2D eigenvalue weighted by Gasteiger charge is -2.29. The van der Waals surface area contributed by atoms with E-state index in [4.69, 9.17) is 9.68 Å². The molecule has 114 valence electrons. The number of hydroxylamine groups is 2. The molecule has 0 saturated heterocycles. The van der Waals surface area contributed by atoms with Crippen LogP contribution in [0.2, 0.25) is 0 Å². The third-order valence-electron chi connectivity index (χ3n) is 2.90. The second kappa shape index (κ2) is 7.35. The van der Waals surface area contributed by atoms with Crippen molar-refractivity contribution in [2.75, 3.05) is 14.2 Å². The summed E-state index contributed by atoms with van der Waals surface area (Å²) in [5, 5.41) is 1.54. The standard InChI is InChI=1S/C16H16N2O4/c1-21-17(15(19)13-9-5-3-6-10-13)18(22-2)16(20)14-11-7-4-8-12-14/h3-12H,1-2H3. The van der Waals surface area contributed by atoms with Crippen LogP contribution in [0.4, 0.5) is 0 Å². The molecule has 2 rings (SSSR count). The van der Waals surface area contributed by atoms with Crippen LogP contribution in [0.5, 0.6) is 0 Å². The maximum atomic E-state index is 12.4. The number of hydrazine groups is 1. The second-order valence-electron chi connectivity index (χ2n) is 4.25. The lowest BCUT2D eigenvalue weighted by atomic mass is 10.2. The van der Waals surface area contributed by atoms with E-state index in [-0.39, 0.29) is 0 Å². The van der Waals surface area contributed by atoms with E-state index < -0.39 is 11.8 Å². The SMILES string of the molecule is CON(C(=O)c1ccccc1)N(OC)C(=O)c1ccccc1. The van der Waals surface area contributed by atoms with Crippen LogP contribution in [0.1, 0.15) is 20.7 Å². The molecule has 0 atom stereocenters. The van der Waals surface area contributed by atoms with Gasteiger partial charge >= 0.3 is 0 Å². The Morgan fingerprint density at radius 1 is 0.682 bits per heavy atom. The van der Waals surface area contributed by atoms with E-state index in [0.717, 1.165) is 10.3 Å². The highest BCUT2D eigenvalue weighted by Gasteiger charge is 2.29. The van der Waals surface area contributed by atoms with E-state index >= 15 is 0 Å². The van der Waals surface area contributed by atoms with Crippen molar-refractivity contribution in [2.45, 2.75) is 0 Å². The summed E-state index contributed by atoms with van der Waals surface area (Å²) in [5.74, 6) is -1.04. The van der Waals surface area contributed by atoms with Crippen LogP contribution in [0.15, 0.2) is 60.7 Å². The molecule has 0 aliphatic heterocycles. The predicted octanol–water partition coefficient (Wildman–Crippen LogP) is 2.31. The summed E-state index contributed by atoms with van der Waals surface area (Å²) in [6, 6.07) is 16.9. The molecular formula is C16H16N2O4. The molecule has 6 heteroatoms. The van der Waals surface area contributed by atoms with Crippen LogP contribution >= 0.6 is 0 Å². The summed E-state index contributed by atoms with van der Waals surface area (Å²) < 4.78 is 0. The molecule has 0 N–H and O–H groups in total. The first-order valence-electron chi connectivity index (χ1n) is 6.56. The van der Waals surface area contributed by atoms with Gasteiger partial charge in [0.15, 0.2) is 0 Å². The predicted molar refractivity (Wildman–Crippen MR) is 79.2 cm³/mol. The van der Waals surface area contributed by atoms with Crippen molar-refractivity contribution in [3.8, 4) is 0 Å². The molecule has 2 amide bonds. The van der Waals surface area contributed by atoms with Crippen molar-refractivity contribution >= 4 is 11.8 Å². The zero-order valence-electron chi connectivity index (χ0n) is 12.3. The molecule has 0 bridgehead atoms. The van der Waals surface area contributed by atoms with E-state index in [9.17, 15) is 9.59 Å². The van der Waals surface area contributed by atoms with Gasteiger partial charge in [0.25, 0.3) is 11.8 Å². The van der Waals surface area contributed by atoms with E-state index in [1.165, 1.54) is 14.2 Å². The monoisotopic (exact) mass is 300 g/mol. The quantitative estimate of drug-likeness (QED) is 0.813. The topological polar surface area (TPSA) is 59.1 Å². The number of hydrogen-bond donors (Lipinski definition) is 0. The van der Waals surface area contributed by atoms with Crippen molar-refractivity contribution in [1.29, 1.82) is 0 Å². The molecule has 0 heterocycles. The molecule has 0 spiro atoms. The molecule has 0 radical (unpaired) electrons. The third kappa shape index (κ3) is 3.30. The maximum Gasteiger partial charge on any atom is 0.299 e. The Bertz CT molecular complexity index is 574. The fraction of sp³-hybridized carbons (Fsp3) is 0.125. The van der Waals surface area contributed by atoms with E-state index in [0.29, 0.717) is 11.1 Å². The summed E-state index contributed by atoms with van der Waals surface area (Å²) >= 11 is 0. The summed E-state index contributed by atoms with van der Waals surface area (Å²) in [6.07, 6.45) is 0. The minimum Gasteiger partial charge on any atom is -0.265 e. The van der Waals surface area contributed by atoms with Crippen LogP contribution in [-0.4, -0.2) is 36.4 Å². The number of rotatable bonds is 4. The van der Waals surface area contributed by atoms with Gasteiger partial charge in [-0.25, -0.2) is 0 Å². The largest absolute Gasteiger partial charge is 0.299 e. The number of benzene rings is 2. The number of carbonyl (C=O) groups excluding carboxylic acids is 2. The summed E-state index contributed by atoms with van der Waals surface area (Å²) in [4.78, 5) is 34.9. The third-order valence-corrected chi connectivity index (χ3v) is 2.90. The zero-order valence-corrected chi connectivity index (χ0v) is 12.3. The summed E-state index contributed by atoms with van der Waals surface area (Å²) in [6.45, 7) is 0. The Kier molecular flexibility index (Phi) is 5.24. The number of hydrogen-bond acceptors (Lipinski definition) is 4. The Balaban J connectivity index is 2.27. The Labute approximate surface area is 128 Å². The van der Waals surface area contributed by atoms with Gasteiger partial charge in [-0.05, 0) is 24.3 Å². The molecule has 0 saturated carbocycles. The normalized spacial score (nSPS) is 10.1. The van der Waals surface area contributed by atoms with E-state index in [2.05, 4.69) is 0 Å². The van der Waals surface area contributed by atoms with Gasteiger partial charge in [-0.15, -0.1) is 0 Å². The van der Waals surface area contributed by atoms with Crippen molar-refractivity contribution in [2.24, 2.45) is 0 Å². The number of carbonyl (C=O) groups is 2. The van der Waals surface area contributed by atoms with Gasteiger partial charge in [0.1, 0.15) is 0 Å². The minimum absolute atomic E-state index is 0.368. The maximum absolute atomic E-state index is 12.4. The van der Waals surface area contributed by atoms with Crippen LogP contribution < -0.4 is 0 Å². The van der Waals surface area contributed by atoms with E-state index in [1.807, 2.05) is 0 Å². The van der Waals surface area contributed by atoms with Gasteiger partial charge in [0.05, 0.1) is 14.2 Å². The van der Waals surface area contributed by atoms with Gasteiger partial charge in [-0.2, -0.15) is 0 Å². The van der Waals surface area contributed by atoms with Crippen LogP contribution in [0, 0.1) is 0 Å². The molecule has 2 aromatic rings. The van der Waals surface area contributed by atoms with Gasteiger partial charge < -0.3 is 0 Å². The molecule has 0 aliphatic carbocycles. The highest BCUT2D eigenvalue weighted by Crippen LogP contribution is 2.12. The molecule has 6 nitrogen and oxygen atoms in total. The van der Waals surface area contributed by atoms with Crippen LogP contribution in [-0.2, 0) is 9.68 Å². The van der Waals surface area contributed by atoms with Gasteiger partial charge in [0, 0.05) is 11.1 Å². The molecule has 22 heavy (non-hydrogen) atoms. The van der Waals surface area contributed by atoms with Crippen LogP contribution in [0.3, 0.4) is 0 Å². The first-order chi connectivity index (χ1) is 10.7. The molecule has 0 unspecified atom stereocenters. The smallest absolute Gasteiger partial charge is 0.265 e. The highest BCUT2D eigenvalue weighted by atomic mass is 16.8. The van der Waals surface area contributed by atoms with Crippen molar-refractivity contribution in [1.82, 2.24) is 10.3 Å². The van der Waals surface area contributed by atoms with Gasteiger partial charge in [-0.3, -0.25) is 19.3 Å². The van der Waals surface area contributed by atoms with Crippen LogP contribution in [0.25, 0.3) is 0 Å². The Morgan fingerprint density at radius 2 is 1.00 bits per heavy atom. The minimum atomic E-state index is -0.519. The second-order valence-corrected chi connectivity index (χ2v) is 4.25. The fourth-order valence-electron chi connectivity index (χ4n) is 1.86. The van der Waals surface area contributed by atoms with Crippen molar-refractivity contribution in [3.63, 3.8) is 0 Å².